The summed E-state index contributed by atoms with van der Waals surface area (Å²) in [7, 11) is -3.74. The average molecular weight is 459 g/mol. The van der Waals surface area contributed by atoms with Gasteiger partial charge in [-0.15, -0.1) is 0 Å². The van der Waals surface area contributed by atoms with Crippen LogP contribution in [-0.4, -0.2) is 40.3 Å². The maximum atomic E-state index is 12.6. The van der Waals surface area contributed by atoms with Crippen molar-refractivity contribution in [2.24, 2.45) is 0 Å². The monoisotopic (exact) mass is 458 g/mol. The molecule has 1 heterocycles. The van der Waals surface area contributed by atoms with Crippen LogP contribution in [-0.2, 0) is 14.8 Å². The van der Waals surface area contributed by atoms with Crippen LogP contribution in [0.4, 0.5) is 5.69 Å². The fourth-order valence-electron chi connectivity index (χ4n) is 2.91. The number of rotatable bonds is 6. The quantitative estimate of drug-likeness (QED) is 0.716. The van der Waals surface area contributed by atoms with Gasteiger partial charge in [0.1, 0.15) is 19.8 Å². The van der Waals surface area contributed by atoms with Gasteiger partial charge < -0.3 is 14.8 Å². The van der Waals surface area contributed by atoms with E-state index >= 15 is 0 Å². The van der Waals surface area contributed by atoms with Gasteiger partial charge in [0.25, 0.3) is 0 Å². The Labute approximate surface area is 179 Å². The Morgan fingerprint density at radius 2 is 1.72 bits per heavy atom. The van der Waals surface area contributed by atoms with Gasteiger partial charge in [0.15, 0.2) is 11.5 Å². The fraction of sp³-hybridized carbons (Fsp3) is 0.316. The van der Waals surface area contributed by atoms with Crippen molar-refractivity contribution < 1.29 is 22.7 Å². The minimum absolute atomic E-state index is 0.215. The summed E-state index contributed by atoms with van der Waals surface area (Å²) in [5, 5.41) is 3.34. The first-order chi connectivity index (χ1) is 13.6. The zero-order chi connectivity index (χ0) is 21.2. The molecule has 1 unspecified atom stereocenters. The number of ether oxygens (including phenoxy) is 2. The molecule has 2 aromatic carbocycles. The first-order valence-corrected chi connectivity index (χ1v) is 11.4. The number of fused-ring (bicyclic) bond motifs is 1. The van der Waals surface area contributed by atoms with Crippen LogP contribution < -0.4 is 19.1 Å². The van der Waals surface area contributed by atoms with E-state index in [9.17, 15) is 13.2 Å². The summed E-state index contributed by atoms with van der Waals surface area (Å²) >= 11 is 11.9. The molecule has 3 rings (SSSR count). The van der Waals surface area contributed by atoms with Crippen LogP contribution >= 0.6 is 23.2 Å². The van der Waals surface area contributed by atoms with Crippen LogP contribution in [0, 0.1) is 0 Å². The highest BCUT2D eigenvalue weighted by atomic mass is 35.5. The summed E-state index contributed by atoms with van der Waals surface area (Å²) in [4.78, 5) is 12.6. The highest BCUT2D eigenvalue weighted by Gasteiger charge is 2.23. The Bertz CT molecular complexity index is 1010. The standard InChI is InChI=1S/C19H20Cl2N2O5S/c1-12(13-3-4-17-18(7-13)28-6-5-27-17)22-19(24)11-23(29(2,25)26)16-9-14(20)8-15(21)10-16/h3-4,7-10,12H,5-6,11H2,1-2H3,(H,22,24). The molecule has 1 N–H and O–H groups in total. The summed E-state index contributed by atoms with van der Waals surface area (Å²) in [6.45, 7) is 2.34. The summed E-state index contributed by atoms with van der Waals surface area (Å²) in [6.07, 6.45) is 1.01. The molecule has 1 aliphatic rings. The third-order valence-corrected chi connectivity index (χ3v) is 5.84. The van der Waals surface area contributed by atoms with Gasteiger partial charge in [-0.3, -0.25) is 9.10 Å². The van der Waals surface area contributed by atoms with Gasteiger partial charge in [0.2, 0.25) is 15.9 Å². The van der Waals surface area contributed by atoms with E-state index in [1.54, 1.807) is 19.1 Å². The predicted molar refractivity (Wildman–Crippen MR) is 113 cm³/mol. The van der Waals surface area contributed by atoms with Crippen LogP contribution in [0.5, 0.6) is 11.5 Å². The number of hydrogen-bond donors (Lipinski definition) is 1. The molecular weight excluding hydrogens is 439 g/mol. The summed E-state index contributed by atoms with van der Waals surface area (Å²) in [6, 6.07) is 9.38. The molecule has 0 aromatic heterocycles. The normalized spacial score (nSPS) is 14.2. The molecule has 156 valence electrons. The second kappa shape index (κ2) is 8.69. The molecule has 1 atom stereocenters. The maximum absolute atomic E-state index is 12.6. The summed E-state index contributed by atoms with van der Waals surface area (Å²) < 4.78 is 36.5. The van der Waals surface area contributed by atoms with Crippen molar-refractivity contribution in [1.82, 2.24) is 5.32 Å². The SMILES string of the molecule is CC(NC(=O)CN(c1cc(Cl)cc(Cl)c1)S(C)(=O)=O)c1ccc2c(c1)OCCO2. The van der Waals surface area contributed by atoms with Crippen molar-refractivity contribution in [2.45, 2.75) is 13.0 Å². The summed E-state index contributed by atoms with van der Waals surface area (Å²) in [5.74, 6) is 0.787. The second-order valence-electron chi connectivity index (χ2n) is 6.59. The minimum atomic E-state index is -3.74. The third kappa shape index (κ3) is 5.46. The Morgan fingerprint density at radius 1 is 1.10 bits per heavy atom. The van der Waals surface area contributed by atoms with Gasteiger partial charge in [-0.05, 0) is 42.8 Å². The molecule has 10 heteroatoms. The van der Waals surface area contributed by atoms with Crippen molar-refractivity contribution in [2.75, 3.05) is 30.3 Å². The number of halogens is 2. The number of carbonyl (C=O) groups excluding carboxylic acids is 1. The van der Waals surface area contributed by atoms with Gasteiger partial charge >= 0.3 is 0 Å². The number of nitrogens with zero attached hydrogens (tertiary/aromatic N) is 1. The Kier molecular flexibility index (Phi) is 6.45. The Balaban J connectivity index is 1.75. The van der Waals surface area contributed by atoms with Gasteiger partial charge in [-0.2, -0.15) is 0 Å². The maximum Gasteiger partial charge on any atom is 0.241 e. The van der Waals surface area contributed by atoms with Crippen molar-refractivity contribution in [3.63, 3.8) is 0 Å². The molecule has 1 amide bonds. The van der Waals surface area contributed by atoms with E-state index in [1.165, 1.54) is 18.2 Å². The third-order valence-electron chi connectivity index (χ3n) is 4.27. The molecule has 7 nitrogen and oxygen atoms in total. The Morgan fingerprint density at radius 3 is 2.34 bits per heavy atom. The summed E-state index contributed by atoms with van der Waals surface area (Å²) in [5.41, 5.74) is 1.02. The number of nitrogens with one attached hydrogen (secondary N) is 1. The van der Waals surface area contributed by atoms with E-state index in [4.69, 9.17) is 32.7 Å². The largest absolute Gasteiger partial charge is 0.486 e. The number of anilines is 1. The van der Waals surface area contributed by atoms with Crippen molar-refractivity contribution >= 4 is 44.8 Å². The van der Waals surface area contributed by atoms with Crippen molar-refractivity contribution in [3.05, 3.63) is 52.0 Å². The predicted octanol–water partition coefficient (Wildman–Crippen LogP) is 3.41. The van der Waals surface area contributed by atoms with Crippen LogP contribution in [0.25, 0.3) is 0 Å². The van der Waals surface area contributed by atoms with Gasteiger partial charge in [0, 0.05) is 10.0 Å². The van der Waals surface area contributed by atoms with Crippen LogP contribution in [0.2, 0.25) is 10.0 Å². The van der Waals surface area contributed by atoms with E-state index in [0.717, 1.165) is 16.1 Å². The second-order valence-corrected chi connectivity index (χ2v) is 9.37. The van der Waals surface area contributed by atoms with Crippen LogP contribution in [0.15, 0.2) is 36.4 Å². The molecule has 0 bridgehead atoms. The number of benzene rings is 2. The van der Waals surface area contributed by atoms with Gasteiger partial charge in [-0.25, -0.2) is 8.42 Å². The highest BCUT2D eigenvalue weighted by Crippen LogP contribution is 2.32. The molecule has 0 aliphatic carbocycles. The fourth-order valence-corrected chi connectivity index (χ4v) is 4.27. The van der Waals surface area contributed by atoms with Gasteiger partial charge in [-0.1, -0.05) is 29.3 Å². The average Bonchev–Trinajstić information content (AvgIpc) is 2.64. The lowest BCUT2D eigenvalue weighted by molar-refractivity contribution is -0.120. The number of sulfonamides is 1. The molecule has 0 saturated heterocycles. The molecule has 1 aliphatic heterocycles. The molecule has 0 fully saturated rings. The zero-order valence-corrected chi connectivity index (χ0v) is 18.1. The molecule has 2 aromatic rings. The number of hydrogen-bond acceptors (Lipinski definition) is 5. The molecule has 29 heavy (non-hydrogen) atoms. The molecule has 0 radical (unpaired) electrons. The van der Waals surface area contributed by atoms with E-state index < -0.39 is 22.5 Å². The molecule has 0 spiro atoms. The first kappa shape index (κ1) is 21.5. The smallest absolute Gasteiger partial charge is 0.241 e. The van der Waals surface area contributed by atoms with Crippen LogP contribution in [0.1, 0.15) is 18.5 Å². The minimum Gasteiger partial charge on any atom is -0.486 e. The molecular formula is C19H20Cl2N2O5S. The lowest BCUT2D eigenvalue weighted by Gasteiger charge is -2.24. The van der Waals surface area contributed by atoms with Crippen molar-refractivity contribution in [3.8, 4) is 11.5 Å². The zero-order valence-electron chi connectivity index (χ0n) is 15.8. The van der Waals surface area contributed by atoms with E-state index in [2.05, 4.69) is 5.32 Å². The Hall–Kier alpha value is -2.16. The van der Waals surface area contributed by atoms with Gasteiger partial charge in [0.05, 0.1) is 18.0 Å². The van der Waals surface area contributed by atoms with E-state index in [-0.39, 0.29) is 21.8 Å². The highest BCUT2D eigenvalue weighted by molar-refractivity contribution is 7.92. The van der Waals surface area contributed by atoms with Crippen LogP contribution in [0.3, 0.4) is 0 Å². The van der Waals surface area contributed by atoms with Crippen molar-refractivity contribution in [1.29, 1.82) is 0 Å². The lowest BCUT2D eigenvalue weighted by Crippen LogP contribution is -2.41. The topological polar surface area (TPSA) is 84.9 Å². The lowest BCUT2D eigenvalue weighted by atomic mass is 10.1. The number of amides is 1. The number of carbonyl (C=O) groups is 1. The van der Waals surface area contributed by atoms with E-state index in [0.29, 0.717) is 24.7 Å². The van der Waals surface area contributed by atoms with E-state index in [1.807, 2.05) is 6.07 Å². The molecule has 0 saturated carbocycles. The first-order valence-electron chi connectivity index (χ1n) is 8.76.